The van der Waals surface area contributed by atoms with Crippen molar-refractivity contribution in [1.29, 1.82) is 0 Å². The van der Waals surface area contributed by atoms with Gasteiger partial charge in [0.2, 0.25) is 5.91 Å². The fourth-order valence-electron chi connectivity index (χ4n) is 3.32. The number of hydrogen-bond donors (Lipinski definition) is 1. The summed E-state index contributed by atoms with van der Waals surface area (Å²) in [7, 11) is -4.24. The molecule has 0 unspecified atom stereocenters. The number of benzene rings is 2. The van der Waals surface area contributed by atoms with Crippen LogP contribution in [0.4, 0.5) is 14.6 Å². The van der Waals surface area contributed by atoms with E-state index in [-0.39, 0.29) is 28.2 Å². The molecule has 2 heterocycles. The Morgan fingerprint density at radius 1 is 1.03 bits per heavy atom. The van der Waals surface area contributed by atoms with Crippen molar-refractivity contribution >= 4 is 32.5 Å². The maximum Gasteiger partial charge on any atom is 0.241 e. The van der Waals surface area contributed by atoms with Gasteiger partial charge < -0.3 is 9.88 Å². The molecule has 9 heteroatoms. The number of rotatable bonds is 6. The molecule has 2 aromatic heterocycles. The van der Waals surface area contributed by atoms with Crippen LogP contribution in [0.2, 0.25) is 0 Å². The van der Waals surface area contributed by atoms with E-state index in [9.17, 15) is 22.0 Å². The van der Waals surface area contributed by atoms with Crippen molar-refractivity contribution in [2.75, 3.05) is 11.1 Å². The zero-order valence-electron chi connectivity index (χ0n) is 16.1. The van der Waals surface area contributed by atoms with Crippen LogP contribution in [-0.4, -0.2) is 29.6 Å². The molecule has 0 fully saturated rings. The van der Waals surface area contributed by atoms with E-state index in [0.29, 0.717) is 6.07 Å². The Labute approximate surface area is 177 Å². The van der Waals surface area contributed by atoms with Gasteiger partial charge in [-0.2, -0.15) is 0 Å². The zero-order valence-corrected chi connectivity index (χ0v) is 16.9. The molecule has 0 radical (unpaired) electrons. The van der Waals surface area contributed by atoms with Crippen LogP contribution in [0.25, 0.3) is 10.9 Å². The number of hydrogen-bond acceptors (Lipinski definition) is 4. The summed E-state index contributed by atoms with van der Waals surface area (Å²) in [5.41, 5.74) is 0.908. The summed E-state index contributed by atoms with van der Waals surface area (Å²) in [6.07, 6.45) is 2.69. The zero-order chi connectivity index (χ0) is 22.0. The standard InChI is InChI=1S/C22H17F2N3O3S/c23-16-10-17(24)22-18(11-16)27(12-15-6-2-1-3-7-15)13-19(22)31(29,30)14-21(28)26-20-8-4-5-9-25-20/h1-11,13H,12,14H2,(H,25,26,28). The van der Waals surface area contributed by atoms with Gasteiger partial charge in [-0.05, 0) is 23.8 Å². The molecule has 0 aliphatic heterocycles. The molecular formula is C22H17F2N3O3S. The number of fused-ring (bicyclic) bond motifs is 1. The molecule has 2 aromatic carbocycles. The van der Waals surface area contributed by atoms with E-state index in [2.05, 4.69) is 10.3 Å². The van der Waals surface area contributed by atoms with Gasteiger partial charge in [-0.25, -0.2) is 22.2 Å². The molecule has 0 atom stereocenters. The van der Waals surface area contributed by atoms with Gasteiger partial charge in [0.25, 0.3) is 0 Å². The van der Waals surface area contributed by atoms with Gasteiger partial charge >= 0.3 is 0 Å². The van der Waals surface area contributed by atoms with E-state index in [1.165, 1.54) is 23.0 Å². The predicted octanol–water partition coefficient (Wildman–Crippen LogP) is 3.78. The molecule has 31 heavy (non-hydrogen) atoms. The summed E-state index contributed by atoms with van der Waals surface area (Å²) in [6, 6.07) is 15.6. The summed E-state index contributed by atoms with van der Waals surface area (Å²) in [4.78, 5) is 15.8. The van der Waals surface area contributed by atoms with Gasteiger partial charge in [0.05, 0.1) is 15.8 Å². The number of sulfone groups is 1. The number of aromatic nitrogens is 2. The van der Waals surface area contributed by atoms with Crippen LogP contribution in [0.5, 0.6) is 0 Å². The lowest BCUT2D eigenvalue weighted by atomic mass is 10.2. The van der Waals surface area contributed by atoms with Crippen molar-refractivity contribution in [2.24, 2.45) is 0 Å². The van der Waals surface area contributed by atoms with E-state index in [1.807, 2.05) is 30.3 Å². The number of amides is 1. The smallest absolute Gasteiger partial charge is 0.241 e. The Morgan fingerprint density at radius 2 is 1.77 bits per heavy atom. The first-order valence-corrected chi connectivity index (χ1v) is 10.9. The molecule has 158 valence electrons. The number of halogens is 2. The minimum absolute atomic E-state index is 0.0880. The highest BCUT2D eigenvalue weighted by Crippen LogP contribution is 2.30. The second kappa shape index (κ2) is 8.27. The van der Waals surface area contributed by atoms with Gasteiger partial charge in [0, 0.05) is 25.0 Å². The molecule has 6 nitrogen and oxygen atoms in total. The SMILES string of the molecule is O=C(CS(=O)(=O)c1cn(Cc2ccccc2)c2cc(F)cc(F)c12)Nc1ccccn1. The van der Waals surface area contributed by atoms with Crippen LogP contribution >= 0.6 is 0 Å². The first-order chi connectivity index (χ1) is 14.8. The Hall–Kier alpha value is -3.59. The molecular weight excluding hydrogens is 424 g/mol. The summed E-state index contributed by atoms with van der Waals surface area (Å²) < 4.78 is 56.0. The van der Waals surface area contributed by atoms with Crippen LogP contribution in [0.1, 0.15) is 5.56 Å². The number of carbonyl (C=O) groups is 1. The van der Waals surface area contributed by atoms with Gasteiger partial charge in [-0.15, -0.1) is 0 Å². The van der Waals surface area contributed by atoms with Gasteiger partial charge in [0.15, 0.2) is 9.84 Å². The lowest BCUT2D eigenvalue weighted by molar-refractivity contribution is -0.113. The third kappa shape index (κ3) is 4.46. The Morgan fingerprint density at radius 3 is 2.48 bits per heavy atom. The van der Waals surface area contributed by atoms with Crippen LogP contribution in [0.3, 0.4) is 0 Å². The maximum atomic E-state index is 14.6. The monoisotopic (exact) mass is 441 g/mol. The molecule has 1 amide bonds. The van der Waals surface area contributed by atoms with Crippen molar-refractivity contribution in [3.05, 3.63) is 90.3 Å². The predicted molar refractivity (Wildman–Crippen MR) is 112 cm³/mol. The molecule has 4 aromatic rings. The molecule has 0 bridgehead atoms. The average Bonchev–Trinajstić information content (AvgIpc) is 3.08. The fraction of sp³-hybridized carbons (Fsp3) is 0.0909. The van der Waals surface area contributed by atoms with Crippen molar-refractivity contribution < 1.29 is 22.0 Å². The highest BCUT2D eigenvalue weighted by atomic mass is 32.2. The number of nitrogens with zero attached hydrogens (tertiary/aromatic N) is 2. The number of carbonyl (C=O) groups excluding carboxylic acids is 1. The molecule has 0 spiro atoms. The largest absolute Gasteiger partial charge is 0.342 e. The minimum Gasteiger partial charge on any atom is -0.342 e. The van der Waals surface area contributed by atoms with Crippen LogP contribution in [-0.2, 0) is 21.2 Å². The Bertz CT molecular complexity index is 1360. The molecule has 0 saturated carbocycles. The number of pyridine rings is 1. The highest BCUT2D eigenvalue weighted by Gasteiger charge is 2.27. The maximum absolute atomic E-state index is 14.6. The fourth-order valence-corrected chi connectivity index (χ4v) is 4.69. The van der Waals surface area contributed by atoms with Gasteiger partial charge in [-0.3, -0.25) is 4.79 Å². The summed E-state index contributed by atoms with van der Waals surface area (Å²) >= 11 is 0. The van der Waals surface area contributed by atoms with E-state index in [4.69, 9.17) is 0 Å². The molecule has 0 aliphatic carbocycles. The third-order valence-electron chi connectivity index (χ3n) is 4.65. The van der Waals surface area contributed by atoms with Crippen LogP contribution in [0.15, 0.2) is 78.0 Å². The second-order valence-electron chi connectivity index (χ2n) is 6.91. The van der Waals surface area contributed by atoms with Crippen molar-refractivity contribution in [3.8, 4) is 0 Å². The Kier molecular flexibility index (Phi) is 5.51. The van der Waals surface area contributed by atoms with Crippen LogP contribution < -0.4 is 5.32 Å². The van der Waals surface area contributed by atoms with E-state index >= 15 is 0 Å². The summed E-state index contributed by atoms with van der Waals surface area (Å²) in [6.45, 7) is 0.204. The van der Waals surface area contributed by atoms with Gasteiger partial charge in [-0.1, -0.05) is 36.4 Å². The van der Waals surface area contributed by atoms with Crippen LogP contribution in [0, 0.1) is 11.6 Å². The molecule has 0 saturated heterocycles. The summed E-state index contributed by atoms with van der Waals surface area (Å²) in [5.74, 6) is -3.36. The molecule has 0 aliphatic rings. The van der Waals surface area contributed by atoms with Crippen molar-refractivity contribution in [1.82, 2.24) is 9.55 Å². The van der Waals surface area contributed by atoms with E-state index < -0.39 is 33.1 Å². The second-order valence-corrected chi connectivity index (χ2v) is 8.87. The van der Waals surface area contributed by atoms with E-state index in [1.54, 1.807) is 12.1 Å². The molecule has 4 rings (SSSR count). The third-order valence-corrected chi connectivity index (χ3v) is 6.27. The normalized spacial score (nSPS) is 11.5. The first-order valence-electron chi connectivity index (χ1n) is 9.29. The quantitative estimate of drug-likeness (QED) is 0.494. The average molecular weight is 441 g/mol. The minimum atomic E-state index is -4.24. The van der Waals surface area contributed by atoms with Gasteiger partial charge in [0.1, 0.15) is 23.2 Å². The molecule has 1 N–H and O–H groups in total. The lowest BCUT2D eigenvalue weighted by Crippen LogP contribution is -2.23. The topological polar surface area (TPSA) is 81.1 Å². The first kappa shape index (κ1) is 20.7. The lowest BCUT2D eigenvalue weighted by Gasteiger charge is -2.05. The number of nitrogens with one attached hydrogen (secondary N) is 1. The van der Waals surface area contributed by atoms with Crippen molar-refractivity contribution in [2.45, 2.75) is 11.4 Å². The number of anilines is 1. The summed E-state index contributed by atoms with van der Waals surface area (Å²) in [5, 5.41) is 2.15. The van der Waals surface area contributed by atoms with E-state index in [0.717, 1.165) is 11.6 Å². The highest BCUT2D eigenvalue weighted by molar-refractivity contribution is 7.92. The Balaban J connectivity index is 1.73. The van der Waals surface area contributed by atoms with Crippen molar-refractivity contribution in [3.63, 3.8) is 0 Å².